The summed E-state index contributed by atoms with van der Waals surface area (Å²) in [6, 6.07) is 11.4. The van der Waals surface area contributed by atoms with Crippen molar-refractivity contribution in [3.05, 3.63) is 63.9 Å². The lowest BCUT2D eigenvalue weighted by atomic mass is 10.1. The number of rotatable bonds is 7. The van der Waals surface area contributed by atoms with E-state index in [0.717, 1.165) is 16.9 Å². The molecule has 0 unspecified atom stereocenters. The number of hydrogen-bond acceptors (Lipinski definition) is 5. The van der Waals surface area contributed by atoms with Crippen molar-refractivity contribution >= 4 is 35.0 Å². The molecule has 0 radical (unpaired) electrons. The summed E-state index contributed by atoms with van der Waals surface area (Å²) in [5, 5.41) is 12.5. The standard InChI is InChI=1S/C21H23ClN4O2S/c1-13-7-5-10-18(14(13)2)28-11-19-24-25-21(26(19)4)29-12-20(27)23-17-9-6-8-16(22)15(17)3/h5-10H,11-12H2,1-4H3,(H,23,27). The minimum absolute atomic E-state index is 0.128. The smallest absolute Gasteiger partial charge is 0.234 e. The number of thioether (sulfide) groups is 1. The summed E-state index contributed by atoms with van der Waals surface area (Å²) >= 11 is 7.42. The number of nitrogens with one attached hydrogen (secondary N) is 1. The third kappa shape index (κ3) is 5.10. The molecule has 8 heteroatoms. The van der Waals surface area contributed by atoms with Gasteiger partial charge >= 0.3 is 0 Å². The molecule has 0 spiro atoms. The van der Waals surface area contributed by atoms with E-state index in [1.54, 1.807) is 6.07 Å². The summed E-state index contributed by atoms with van der Waals surface area (Å²) in [5.74, 6) is 1.62. The van der Waals surface area contributed by atoms with E-state index in [-0.39, 0.29) is 11.7 Å². The van der Waals surface area contributed by atoms with Gasteiger partial charge in [-0.15, -0.1) is 10.2 Å². The van der Waals surface area contributed by atoms with E-state index >= 15 is 0 Å². The zero-order valence-electron chi connectivity index (χ0n) is 16.8. The molecular formula is C21H23ClN4O2S. The molecule has 2 aromatic carbocycles. The molecule has 0 atom stereocenters. The van der Waals surface area contributed by atoms with Gasteiger partial charge in [0.15, 0.2) is 11.0 Å². The van der Waals surface area contributed by atoms with Crippen LogP contribution in [0.25, 0.3) is 0 Å². The van der Waals surface area contributed by atoms with Crippen LogP contribution >= 0.6 is 23.4 Å². The van der Waals surface area contributed by atoms with Crippen LogP contribution in [0.4, 0.5) is 5.69 Å². The largest absolute Gasteiger partial charge is 0.485 e. The Morgan fingerprint density at radius 3 is 2.69 bits per heavy atom. The Kier molecular flexibility index (Phi) is 6.82. The third-order valence-electron chi connectivity index (χ3n) is 4.71. The fraction of sp³-hybridized carbons (Fsp3) is 0.286. The van der Waals surface area contributed by atoms with E-state index in [1.807, 2.05) is 49.7 Å². The van der Waals surface area contributed by atoms with E-state index in [4.69, 9.17) is 16.3 Å². The molecule has 0 aliphatic rings. The summed E-state index contributed by atoms with van der Waals surface area (Å²) in [6.07, 6.45) is 0. The number of aryl methyl sites for hydroxylation is 1. The maximum atomic E-state index is 12.3. The number of aromatic nitrogens is 3. The Labute approximate surface area is 179 Å². The highest BCUT2D eigenvalue weighted by Crippen LogP contribution is 2.24. The first-order valence-electron chi connectivity index (χ1n) is 9.12. The first-order chi connectivity index (χ1) is 13.9. The second-order valence-corrected chi connectivity index (χ2v) is 8.04. The number of halogens is 1. The van der Waals surface area contributed by atoms with E-state index in [1.165, 1.54) is 17.3 Å². The molecule has 1 aromatic heterocycles. The lowest BCUT2D eigenvalue weighted by Crippen LogP contribution is -2.15. The van der Waals surface area contributed by atoms with Gasteiger partial charge in [0.2, 0.25) is 5.91 Å². The van der Waals surface area contributed by atoms with Crippen molar-refractivity contribution in [2.24, 2.45) is 7.05 Å². The maximum Gasteiger partial charge on any atom is 0.234 e. The van der Waals surface area contributed by atoms with Crippen LogP contribution in [0.1, 0.15) is 22.5 Å². The minimum atomic E-state index is -0.128. The highest BCUT2D eigenvalue weighted by Gasteiger charge is 2.13. The molecule has 6 nitrogen and oxygen atoms in total. The van der Waals surface area contributed by atoms with Crippen molar-refractivity contribution < 1.29 is 9.53 Å². The van der Waals surface area contributed by atoms with Gasteiger partial charge in [0, 0.05) is 17.8 Å². The average Bonchev–Trinajstić information content (AvgIpc) is 3.05. The summed E-state index contributed by atoms with van der Waals surface area (Å²) in [4.78, 5) is 12.3. The lowest BCUT2D eigenvalue weighted by Gasteiger charge is -2.11. The van der Waals surface area contributed by atoms with Gasteiger partial charge in [-0.3, -0.25) is 4.79 Å². The Morgan fingerprint density at radius 1 is 1.14 bits per heavy atom. The van der Waals surface area contributed by atoms with Crippen LogP contribution in [0.3, 0.4) is 0 Å². The molecule has 3 rings (SSSR count). The first kappa shape index (κ1) is 21.2. The van der Waals surface area contributed by atoms with Gasteiger partial charge in [0.25, 0.3) is 0 Å². The van der Waals surface area contributed by atoms with Gasteiger partial charge in [0.05, 0.1) is 5.75 Å². The molecule has 0 aliphatic carbocycles. The molecular weight excluding hydrogens is 408 g/mol. The predicted molar refractivity (Wildman–Crippen MR) is 117 cm³/mol. The Bertz CT molecular complexity index is 1040. The summed E-state index contributed by atoms with van der Waals surface area (Å²) in [7, 11) is 1.86. The van der Waals surface area contributed by atoms with Crippen LogP contribution < -0.4 is 10.1 Å². The van der Waals surface area contributed by atoms with E-state index in [0.29, 0.717) is 28.3 Å². The second-order valence-electron chi connectivity index (χ2n) is 6.69. The van der Waals surface area contributed by atoms with Crippen molar-refractivity contribution in [2.75, 3.05) is 11.1 Å². The third-order valence-corrected chi connectivity index (χ3v) is 6.14. The zero-order valence-corrected chi connectivity index (χ0v) is 18.4. The molecule has 0 aliphatic heterocycles. The molecule has 0 bridgehead atoms. The van der Waals surface area contributed by atoms with Gasteiger partial charge in [-0.2, -0.15) is 0 Å². The molecule has 0 saturated heterocycles. The van der Waals surface area contributed by atoms with Gasteiger partial charge in [-0.25, -0.2) is 0 Å². The van der Waals surface area contributed by atoms with Crippen molar-refractivity contribution in [2.45, 2.75) is 32.5 Å². The summed E-state index contributed by atoms with van der Waals surface area (Å²) in [5.41, 5.74) is 3.84. The van der Waals surface area contributed by atoms with Crippen molar-refractivity contribution in [1.82, 2.24) is 14.8 Å². The number of benzene rings is 2. The number of carbonyl (C=O) groups excluding carboxylic acids is 1. The van der Waals surface area contributed by atoms with Crippen molar-refractivity contribution in [3.8, 4) is 5.75 Å². The normalized spacial score (nSPS) is 10.8. The monoisotopic (exact) mass is 430 g/mol. The summed E-state index contributed by atoms with van der Waals surface area (Å²) in [6.45, 7) is 6.26. The van der Waals surface area contributed by atoms with Crippen LogP contribution in [0.2, 0.25) is 5.02 Å². The molecule has 1 amide bonds. The van der Waals surface area contributed by atoms with Gasteiger partial charge < -0.3 is 14.6 Å². The first-order valence-corrected chi connectivity index (χ1v) is 10.5. The van der Waals surface area contributed by atoms with Gasteiger partial charge in [-0.05, 0) is 55.7 Å². The molecule has 152 valence electrons. The molecule has 0 saturated carbocycles. The van der Waals surface area contributed by atoms with Crippen molar-refractivity contribution in [1.29, 1.82) is 0 Å². The van der Waals surface area contributed by atoms with E-state index in [9.17, 15) is 4.79 Å². The topological polar surface area (TPSA) is 69.0 Å². The minimum Gasteiger partial charge on any atom is -0.485 e. The van der Waals surface area contributed by atoms with Crippen molar-refractivity contribution in [3.63, 3.8) is 0 Å². The van der Waals surface area contributed by atoms with E-state index < -0.39 is 0 Å². The highest BCUT2D eigenvalue weighted by molar-refractivity contribution is 7.99. The zero-order chi connectivity index (χ0) is 21.0. The van der Waals surface area contributed by atoms with Crippen LogP contribution in [0.15, 0.2) is 41.6 Å². The van der Waals surface area contributed by atoms with Gasteiger partial charge in [-0.1, -0.05) is 41.6 Å². The average molecular weight is 431 g/mol. The SMILES string of the molecule is Cc1cccc(OCc2nnc(SCC(=O)Nc3cccc(Cl)c3C)n2C)c1C. The molecule has 3 aromatic rings. The van der Waals surface area contributed by atoms with Crippen LogP contribution in [0.5, 0.6) is 5.75 Å². The highest BCUT2D eigenvalue weighted by atomic mass is 35.5. The van der Waals surface area contributed by atoms with Crippen LogP contribution in [-0.2, 0) is 18.4 Å². The predicted octanol–water partition coefficient (Wildman–Crippen LogP) is 4.70. The number of amides is 1. The van der Waals surface area contributed by atoms with E-state index in [2.05, 4.69) is 28.5 Å². The Hall–Kier alpha value is -2.51. The molecule has 29 heavy (non-hydrogen) atoms. The summed E-state index contributed by atoms with van der Waals surface area (Å²) < 4.78 is 7.74. The fourth-order valence-electron chi connectivity index (χ4n) is 2.68. The Balaban J connectivity index is 1.57. The quantitative estimate of drug-likeness (QED) is 0.550. The number of nitrogens with zero attached hydrogens (tertiary/aromatic N) is 3. The van der Waals surface area contributed by atoms with Crippen LogP contribution in [-0.4, -0.2) is 26.4 Å². The molecule has 1 heterocycles. The number of ether oxygens (including phenoxy) is 1. The number of carbonyl (C=O) groups is 1. The second kappa shape index (κ2) is 9.33. The fourth-order valence-corrected chi connectivity index (χ4v) is 3.58. The Morgan fingerprint density at radius 2 is 1.90 bits per heavy atom. The number of hydrogen-bond donors (Lipinski definition) is 1. The lowest BCUT2D eigenvalue weighted by molar-refractivity contribution is -0.113. The maximum absolute atomic E-state index is 12.3. The molecule has 1 N–H and O–H groups in total. The van der Waals surface area contributed by atoms with Crippen LogP contribution in [0, 0.1) is 20.8 Å². The van der Waals surface area contributed by atoms with Gasteiger partial charge in [0.1, 0.15) is 12.4 Å². The number of anilines is 1. The molecule has 0 fully saturated rings.